The molecule has 1 aromatic carbocycles. The number of non-ortho nitro benzene ring substituents is 1. The highest BCUT2D eigenvalue weighted by Crippen LogP contribution is 2.33. The van der Waals surface area contributed by atoms with Gasteiger partial charge in [0.05, 0.1) is 11.1 Å². The second-order valence-electron chi connectivity index (χ2n) is 6.95. The van der Waals surface area contributed by atoms with Gasteiger partial charge in [0.2, 0.25) is 0 Å². The lowest BCUT2D eigenvalue weighted by atomic mass is 9.79. The predicted molar refractivity (Wildman–Crippen MR) is 99.2 cm³/mol. The van der Waals surface area contributed by atoms with Crippen molar-refractivity contribution in [1.29, 1.82) is 0 Å². The molecule has 0 spiro atoms. The van der Waals surface area contributed by atoms with E-state index in [4.69, 9.17) is 0 Å². The van der Waals surface area contributed by atoms with E-state index in [1.165, 1.54) is 23.5 Å². The Labute approximate surface area is 155 Å². The van der Waals surface area contributed by atoms with E-state index in [9.17, 15) is 14.9 Å². The summed E-state index contributed by atoms with van der Waals surface area (Å²) >= 11 is 1.31. The fraction of sp³-hybridized carbons (Fsp3) is 0.444. The first-order valence-electron chi connectivity index (χ1n) is 8.78. The van der Waals surface area contributed by atoms with Crippen molar-refractivity contribution in [3.63, 3.8) is 0 Å². The molecule has 0 aliphatic carbocycles. The molecule has 1 amide bonds. The van der Waals surface area contributed by atoms with Crippen LogP contribution < -0.4 is 5.32 Å². The van der Waals surface area contributed by atoms with Crippen molar-refractivity contribution in [1.82, 2.24) is 15.2 Å². The lowest BCUT2D eigenvalue weighted by molar-refractivity contribution is -0.384. The van der Waals surface area contributed by atoms with Gasteiger partial charge in [0, 0.05) is 29.8 Å². The molecule has 0 saturated carbocycles. The zero-order valence-electron chi connectivity index (χ0n) is 14.4. The van der Waals surface area contributed by atoms with E-state index in [1.807, 2.05) is 0 Å². The fourth-order valence-electron chi connectivity index (χ4n) is 4.01. The number of nitrogens with one attached hydrogen (secondary N) is 1. The number of carbonyl (C=O) groups excluding carboxylic acids is 1. The molecule has 2 bridgehead atoms. The standard InChI is InChI=1S/C18H20N4O3S/c1-11-16(12-6-8-21(11)9-7-12)20-17(23)15-10-19-18(26-15)13-2-4-14(5-3-13)22(24)25/h2-5,10-12,16H,6-9H2,1H3,(H,20,23). The maximum atomic E-state index is 12.7. The average molecular weight is 372 g/mol. The van der Waals surface area contributed by atoms with Gasteiger partial charge in [0.15, 0.2) is 0 Å². The smallest absolute Gasteiger partial charge is 0.269 e. The number of carbonyl (C=O) groups is 1. The van der Waals surface area contributed by atoms with Gasteiger partial charge in [-0.25, -0.2) is 4.98 Å². The summed E-state index contributed by atoms with van der Waals surface area (Å²) in [6.45, 7) is 4.44. The van der Waals surface area contributed by atoms with E-state index in [1.54, 1.807) is 18.3 Å². The average Bonchev–Trinajstić information content (AvgIpc) is 3.15. The first-order chi connectivity index (χ1) is 12.5. The highest BCUT2D eigenvalue weighted by atomic mass is 32.1. The first-order valence-corrected chi connectivity index (χ1v) is 9.60. The molecule has 3 aliphatic rings. The van der Waals surface area contributed by atoms with Crippen LogP contribution in [-0.2, 0) is 0 Å². The van der Waals surface area contributed by atoms with Crippen LogP contribution in [0.2, 0.25) is 0 Å². The molecular weight excluding hydrogens is 352 g/mol. The Morgan fingerprint density at radius 3 is 2.62 bits per heavy atom. The Kier molecular flexibility index (Phi) is 4.46. The van der Waals surface area contributed by atoms with Gasteiger partial charge in [0.1, 0.15) is 9.88 Å². The van der Waals surface area contributed by atoms with Gasteiger partial charge in [0.25, 0.3) is 11.6 Å². The number of hydrogen-bond donors (Lipinski definition) is 1. The lowest BCUT2D eigenvalue weighted by Gasteiger charge is -2.49. The number of nitrogens with zero attached hydrogens (tertiary/aromatic N) is 3. The van der Waals surface area contributed by atoms with Gasteiger partial charge in [-0.05, 0) is 50.9 Å². The molecule has 2 aromatic rings. The van der Waals surface area contributed by atoms with Crippen molar-refractivity contribution < 1.29 is 9.72 Å². The summed E-state index contributed by atoms with van der Waals surface area (Å²) in [5.74, 6) is 0.474. The third-order valence-corrected chi connectivity index (χ3v) is 6.58. The monoisotopic (exact) mass is 372 g/mol. The fourth-order valence-corrected chi connectivity index (χ4v) is 4.83. The van der Waals surface area contributed by atoms with Crippen LogP contribution in [0.3, 0.4) is 0 Å². The van der Waals surface area contributed by atoms with Gasteiger partial charge in [-0.3, -0.25) is 19.8 Å². The number of rotatable bonds is 4. The Bertz CT molecular complexity index is 825. The van der Waals surface area contributed by atoms with Crippen LogP contribution in [0.15, 0.2) is 30.5 Å². The molecule has 3 aliphatic heterocycles. The van der Waals surface area contributed by atoms with Crippen LogP contribution in [0, 0.1) is 16.0 Å². The van der Waals surface area contributed by atoms with E-state index in [-0.39, 0.29) is 17.6 Å². The summed E-state index contributed by atoms with van der Waals surface area (Å²) in [6.07, 6.45) is 3.88. The molecule has 3 fully saturated rings. The minimum atomic E-state index is -0.431. The molecule has 1 N–H and O–H groups in total. The highest BCUT2D eigenvalue weighted by Gasteiger charge is 2.40. The number of benzene rings is 1. The molecule has 2 unspecified atom stereocenters. The van der Waals surface area contributed by atoms with Gasteiger partial charge in [-0.2, -0.15) is 0 Å². The summed E-state index contributed by atoms with van der Waals surface area (Å²) < 4.78 is 0. The van der Waals surface area contributed by atoms with Crippen molar-refractivity contribution >= 4 is 22.9 Å². The number of nitro benzene ring substituents is 1. The zero-order chi connectivity index (χ0) is 18.3. The molecule has 2 atom stereocenters. The Hall–Kier alpha value is -2.32. The molecule has 0 radical (unpaired) electrons. The van der Waals surface area contributed by atoms with Crippen LogP contribution in [0.5, 0.6) is 0 Å². The van der Waals surface area contributed by atoms with Crippen LogP contribution in [0.4, 0.5) is 5.69 Å². The quantitative estimate of drug-likeness (QED) is 0.658. The van der Waals surface area contributed by atoms with Gasteiger partial charge >= 0.3 is 0 Å². The molecular formula is C18H20N4O3S. The zero-order valence-corrected chi connectivity index (χ0v) is 15.2. The topological polar surface area (TPSA) is 88.4 Å². The number of aromatic nitrogens is 1. The van der Waals surface area contributed by atoms with Crippen molar-refractivity contribution in [2.75, 3.05) is 13.1 Å². The van der Waals surface area contributed by atoms with E-state index < -0.39 is 4.92 Å². The van der Waals surface area contributed by atoms with E-state index in [0.29, 0.717) is 21.8 Å². The van der Waals surface area contributed by atoms with Gasteiger partial charge < -0.3 is 5.32 Å². The summed E-state index contributed by atoms with van der Waals surface area (Å²) in [4.78, 5) is 30.3. The number of amides is 1. The molecule has 3 saturated heterocycles. The molecule has 4 heterocycles. The molecule has 136 valence electrons. The van der Waals surface area contributed by atoms with Crippen LogP contribution in [0.1, 0.15) is 29.4 Å². The van der Waals surface area contributed by atoms with E-state index in [2.05, 4.69) is 22.1 Å². The van der Waals surface area contributed by atoms with Crippen molar-refractivity contribution in [2.24, 2.45) is 5.92 Å². The van der Waals surface area contributed by atoms with E-state index >= 15 is 0 Å². The summed E-state index contributed by atoms with van der Waals surface area (Å²) in [5, 5.41) is 14.6. The van der Waals surface area contributed by atoms with Crippen LogP contribution >= 0.6 is 11.3 Å². The largest absolute Gasteiger partial charge is 0.347 e. The Morgan fingerprint density at radius 1 is 1.31 bits per heavy atom. The van der Waals surface area contributed by atoms with Gasteiger partial charge in [-0.1, -0.05) is 0 Å². The van der Waals surface area contributed by atoms with Gasteiger partial charge in [-0.15, -0.1) is 11.3 Å². The maximum absolute atomic E-state index is 12.7. The van der Waals surface area contributed by atoms with Crippen molar-refractivity contribution in [3.05, 3.63) is 45.5 Å². The molecule has 8 heteroatoms. The SMILES string of the molecule is CC1C(NC(=O)c2cnc(-c3ccc([N+](=O)[O-])cc3)s2)C2CCN1CC2. The van der Waals surface area contributed by atoms with Crippen LogP contribution in [0.25, 0.3) is 10.6 Å². The summed E-state index contributed by atoms with van der Waals surface area (Å²) in [6, 6.07) is 6.78. The predicted octanol–water partition coefficient (Wildman–Crippen LogP) is 2.93. The number of thiazole rings is 1. The summed E-state index contributed by atoms with van der Waals surface area (Å²) in [7, 11) is 0. The lowest BCUT2D eigenvalue weighted by Crippen LogP contribution is -2.62. The molecule has 1 aromatic heterocycles. The van der Waals surface area contributed by atoms with Crippen molar-refractivity contribution in [3.8, 4) is 10.6 Å². The van der Waals surface area contributed by atoms with E-state index in [0.717, 1.165) is 31.5 Å². The number of hydrogen-bond acceptors (Lipinski definition) is 6. The molecule has 26 heavy (non-hydrogen) atoms. The minimum absolute atomic E-state index is 0.0413. The minimum Gasteiger partial charge on any atom is -0.347 e. The summed E-state index contributed by atoms with van der Waals surface area (Å²) in [5.41, 5.74) is 0.815. The van der Waals surface area contributed by atoms with Crippen molar-refractivity contribution in [2.45, 2.75) is 31.8 Å². The molecule has 5 rings (SSSR count). The Balaban J connectivity index is 1.47. The first kappa shape index (κ1) is 17.1. The second-order valence-corrected chi connectivity index (χ2v) is 7.98. The number of piperidine rings is 3. The number of nitro groups is 1. The third kappa shape index (κ3) is 3.10. The second kappa shape index (κ2) is 6.77. The third-order valence-electron chi connectivity index (χ3n) is 5.53. The maximum Gasteiger partial charge on any atom is 0.269 e. The normalized spacial score (nSPS) is 27.3. The Morgan fingerprint density at radius 2 is 2.00 bits per heavy atom. The van der Waals surface area contributed by atoms with Crippen LogP contribution in [-0.4, -0.2) is 45.9 Å². The number of fused-ring (bicyclic) bond motifs is 3. The highest BCUT2D eigenvalue weighted by molar-refractivity contribution is 7.16. The molecule has 7 nitrogen and oxygen atoms in total.